The van der Waals surface area contributed by atoms with Crippen LogP contribution in [0.1, 0.15) is 38.6 Å². The Balaban J connectivity index is 1.40. The molecule has 0 spiro atoms. The van der Waals surface area contributed by atoms with Crippen LogP contribution in [0.4, 0.5) is 11.4 Å². The molecule has 3 heterocycles. The van der Waals surface area contributed by atoms with E-state index in [1.165, 1.54) is 28.0 Å². The molecule has 2 fully saturated rings. The highest BCUT2D eigenvalue weighted by molar-refractivity contribution is 7.89. The minimum Gasteiger partial charge on any atom is -0.382 e. The molecule has 1 amide bonds. The zero-order valence-electron chi connectivity index (χ0n) is 19.6. The van der Waals surface area contributed by atoms with Gasteiger partial charge >= 0.3 is 0 Å². The lowest BCUT2D eigenvalue weighted by Gasteiger charge is -2.31. The van der Waals surface area contributed by atoms with E-state index in [4.69, 9.17) is 16.3 Å². The van der Waals surface area contributed by atoms with E-state index < -0.39 is 10.0 Å². The van der Waals surface area contributed by atoms with Crippen molar-refractivity contribution in [2.24, 2.45) is 5.92 Å². The molecular formula is C23H30ClN5O5S. The van der Waals surface area contributed by atoms with E-state index in [0.29, 0.717) is 43.3 Å². The van der Waals surface area contributed by atoms with Crippen LogP contribution in [0.15, 0.2) is 40.2 Å². The summed E-state index contributed by atoms with van der Waals surface area (Å²) in [4.78, 5) is 24.3. The molecule has 190 valence electrons. The molecule has 1 aromatic heterocycles. The summed E-state index contributed by atoms with van der Waals surface area (Å²) in [5.41, 5.74) is 0.530. The summed E-state index contributed by atoms with van der Waals surface area (Å²) >= 11 is 6.36. The van der Waals surface area contributed by atoms with E-state index in [1.807, 2.05) is 0 Å². The molecule has 0 unspecified atom stereocenters. The lowest BCUT2D eigenvalue weighted by Crippen LogP contribution is -2.41. The van der Waals surface area contributed by atoms with Crippen molar-refractivity contribution in [2.75, 3.05) is 43.5 Å². The van der Waals surface area contributed by atoms with Gasteiger partial charge in [-0.25, -0.2) is 13.1 Å². The lowest BCUT2D eigenvalue weighted by atomic mass is 10.0. The standard InChI is InChI=1S/C23H30ClN5O5S/c1-16(30)27-18-5-2-6-20(12-18)35(32,33)28-9-7-19(8-10-28)29-23(31)22(24)21(14-26-29)25-13-17-4-3-11-34-15-17/h2,5-6,12,14,17,19,25H,3-4,7-11,13,15H2,1H3,(H,27,30)/t17-/m1/s1. The maximum Gasteiger partial charge on any atom is 0.287 e. The Morgan fingerprint density at radius 3 is 2.71 bits per heavy atom. The van der Waals surface area contributed by atoms with Crippen LogP contribution in [0.2, 0.25) is 5.02 Å². The van der Waals surface area contributed by atoms with Crippen LogP contribution in [-0.2, 0) is 19.6 Å². The molecule has 1 atom stereocenters. The second-order valence-electron chi connectivity index (χ2n) is 8.93. The topological polar surface area (TPSA) is 123 Å². The molecule has 4 rings (SSSR count). The molecule has 1 aromatic carbocycles. The van der Waals surface area contributed by atoms with Crippen LogP contribution in [0.5, 0.6) is 0 Å². The van der Waals surface area contributed by atoms with E-state index in [9.17, 15) is 18.0 Å². The smallest absolute Gasteiger partial charge is 0.287 e. The largest absolute Gasteiger partial charge is 0.382 e. The van der Waals surface area contributed by atoms with Gasteiger partial charge in [0.2, 0.25) is 15.9 Å². The number of halogens is 1. The molecule has 2 N–H and O–H groups in total. The molecule has 2 saturated heterocycles. The van der Waals surface area contributed by atoms with E-state index in [-0.39, 0.29) is 40.5 Å². The number of hydrogen-bond acceptors (Lipinski definition) is 7. The summed E-state index contributed by atoms with van der Waals surface area (Å²) in [7, 11) is -3.74. The number of hydrogen-bond donors (Lipinski definition) is 2. The molecule has 0 radical (unpaired) electrons. The van der Waals surface area contributed by atoms with E-state index in [2.05, 4.69) is 15.7 Å². The van der Waals surface area contributed by atoms with Gasteiger partial charge in [-0.3, -0.25) is 9.59 Å². The number of amides is 1. The van der Waals surface area contributed by atoms with Crippen molar-refractivity contribution >= 4 is 38.9 Å². The van der Waals surface area contributed by atoms with Gasteiger partial charge in [-0.1, -0.05) is 17.7 Å². The number of rotatable bonds is 7. The maximum atomic E-state index is 13.1. The number of ether oxygens (including phenoxy) is 1. The first-order valence-corrected chi connectivity index (χ1v) is 13.5. The summed E-state index contributed by atoms with van der Waals surface area (Å²) in [6, 6.07) is 5.92. The molecule has 2 aliphatic heterocycles. The summed E-state index contributed by atoms with van der Waals surface area (Å²) in [6.45, 7) is 3.98. The fraction of sp³-hybridized carbons (Fsp3) is 0.522. The number of nitrogens with one attached hydrogen (secondary N) is 2. The van der Waals surface area contributed by atoms with Crippen LogP contribution in [0, 0.1) is 5.92 Å². The monoisotopic (exact) mass is 523 g/mol. The number of piperidine rings is 1. The van der Waals surface area contributed by atoms with E-state index in [1.54, 1.807) is 18.3 Å². The first kappa shape index (κ1) is 25.6. The number of aromatic nitrogens is 2. The summed E-state index contributed by atoms with van der Waals surface area (Å²) in [5, 5.41) is 10.2. The van der Waals surface area contributed by atoms with Gasteiger partial charge in [-0.05, 0) is 49.8 Å². The number of carbonyl (C=O) groups is 1. The average Bonchev–Trinajstić information content (AvgIpc) is 2.85. The third-order valence-corrected chi connectivity index (χ3v) is 8.60. The van der Waals surface area contributed by atoms with Crippen LogP contribution < -0.4 is 16.2 Å². The van der Waals surface area contributed by atoms with E-state index >= 15 is 0 Å². The summed E-state index contributed by atoms with van der Waals surface area (Å²) in [6.07, 6.45) is 4.51. The van der Waals surface area contributed by atoms with Crippen molar-refractivity contribution in [3.63, 3.8) is 0 Å². The normalized spacial score (nSPS) is 19.9. The molecule has 2 aliphatic rings. The van der Waals surface area contributed by atoms with Crippen molar-refractivity contribution in [2.45, 2.75) is 43.5 Å². The molecule has 0 bridgehead atoms. The van der Waals surface area contributed by atoms with Gasteiger partial charge in [0.1, 0.15) is 5.02 Å². The number of nitrogens with zero attached hydrogens (tertiary/aromatic N) is 3. The second kappa shape index (κ2) is 11.1. The van der Waals surface area contributed by atoms with Crippen molar-refractivity contribution < 1.29 is 17.9 Å². The summed E-state index contributed by atoms with van der Waals surface area (Å²) < 4.78 is 34.5. The molecule has 12 heteroatoms. The molecule has 35 heavy (non-hydrogen) atoms. The molecule has 10 nitrogen and oxygen atoms in total. The molecule has 0 saturated carbocycles. The predicted molar refractivity (Wildman–Crippen MR) is 133 cm³/mol. The lowest BCUT2D eigenvalue weighted by molar-refractivity contribution is -0.114. The van der Waals surface area contributed by atoms with E-state index in [0.717, 1.165) is 19.4 Å². The maximum absolute atomic E-state index is 13.1. The molecule has 0 aliphatic carbocycles. The summed E-state index contributed by atoms with van der Waals surface area (Å²) in [5.74, 6) is 0.0913. The Labute approximate surface area is 209 Å². The highest BCUT2D eigenvalue weighted by atomic mass is 35.5. The van der Waals surface area contributed by atoms with Gasteiger partial charge in [0, 0.05) is 38.9 Å². The fourth-order valence-electron chi connectivity index (χ4n) is 4.46. The fourth-order valence-corrected chi connectivity index (χ4v) is 6.18. The molecular weight excluding hydrogens is 494 g/mol. The average molecular weight is 524 g/mol. The van der Waals surface area contributed by atoms with Crippen LogP contribution in [0.25, 0.3) is 0 Å². The number of carbonyl (C=O) groups excluding carboxylic acids is 1. The quantitative estimate of drug-likeness (QED) is 0.572. The highest BCUT2D eigenvalue weighted by Crippen LogP contribution is 2.28. The van der Waals surface area contributed by atoms with Gasteiger partial charge < -0.3 is 15.4 Å². The van der Waals surface area contributed by atoms with Gasteiger partial charge in [-0.15, -0.1) is 0 Å². The minimum atomic E-state index is -3.74. The van der Waals surface area contributed by atoms with Gasteiger partial charge in [-0.2, -0.15) is 9.40 Å². The zero-order valence-corrected chi connectivity index (χ0v) is 21.1. The Morgan fingerprint density at radius 2 is 2.03 bits per heavy atom. The zero-order chi connectivity index (χ0) is 25.0. The number of anilines is 2. The second-order valence-corrected chi connectivity index (χ2v) is 11.2. The predicted octanol–water partition coefficient (Wildman–Crippen LogP) is 2.72. The Kier molecular flexibility index (Phi) is 8.10. The highest BCUT2D eigenvalue weighted by Gasteiger charge is 2.31. The van der Waals surface area contributed by atoms with Crippen molar-refractivity contribution in [3.8, 4) is 0 Å². The first-order chi connectivity index (χ1) is 16.8. The van der Waals surface area contributed by atoms with Crippen LogP contribution in [0.3, 0.4) is 0 Å². The Hall–Kier alpha value is -2.47. The third kappa shape index (κ3) is 6.03. The minimum absolute atomic E-state index is 0.0848. The Morgan fingerprint density at radius 1 is 1.26 bits per heavy atom. The van der Waals surface area contributed by atoms with Gasteiger partial charge in [0.15, 0.2) is 0 Å². The van der Waals surface area contributed by atoms with Crippen molar-refractivity contribution in [1.29, 1.82) is 0 Å². The Bertz CT molecular complexity index is 1220. The molecule has 2 aromatic rings. The third-order valence-electron chi connectivity index (χ3n) is 6.34. The SMILES string of the molecule is CC(=O)Nc1cccc(S(=O)(=O)N2CCC(n3ncc(NC[C@H]4CCCOC4)c(Cl)c3=O)CC2)c1. The van der Waals surface area contributed by atoms with Crippen LogP contribution >= 0.6 is 11.6 Å². The van der Waals surface area contributed by atoms with Crippen molar-refractivity contribution in [3.05, 3.63) is 45.8 Å². The van der Waals surface area contributed by atoms with Crippen LogP contribution in [-0.4, -0.2) is 61.3 Å². The first-order valence-electron chi connectivity index (χ1n) is 11.7. The van der Waals surface area contributed by atoms with Gasteiger partial charge in [0.05, 0.1) is 29.4 Å². The number of sulfonamides is 1. The van der Waals surface area contributed by atoms with Gasteiger partial charge in [0.25, 0.3) is 5.56 Å². The van der Waals surface area contributed by atoms with Crippen molar-refractivity contribution in [1.82, 2.24) is 14.1 Å². The number of benzene rings is 1.